The van der Waals surface area contributed by atoms with E-state index in [2.05, 4.69) is 20.0 Å². The molecule has 6 nitrogen and oxygen atoms in total. The van der Waals surface area contributed by atoms with Crippen LogP contribution in [0.25, 0.3) is 20.4 Å². The van der Waals surface area contributed by atoms with Crippen LogP contribution in [-0.4, -0.2) is 32.6 Å². The van der Waals surface area contributed by atoms with Gasteiger partial charge in [0, 0.05) is 53.1 Å². The number of halogens is 2. The molecular formula is C28H18Cl2N4O2S2Zn. The number of thiazole rings is 2. The van der Waals surface area contributed by atoms with Gasteiger partial charge in [-0.05, 0) is 60.7 Å². The monoisotopic (exact) mass is 640 g/mol. The van der Waals surface area contributed by atoms with E-state index < -0.39 is 0 Å². The van der Waals surface area contributed by atoms with Crippen LogP contribution in [0.15, 0.2) is 94.9 Å². The number of hydrogen-bond donors (Lipinski definition) is 2. The van der Waals surface area contributed by atoms with E-state index in [0.29, 0.717) is 31.4 Å². The molecule has 11 heteroatoms. The van der Waals surface area contributed by atoms with Gasteiger partial charge in [0.15, 0.2) is 0 Å². The van der Waals surface area contributed by atoms with Gasteiger partial charge in [-0.2, -0.15) is 0 Å². The van der Waals surface area contributed by atoms with Crippen molar-refractivity contribution < 1.29 is 29.7 Å². The molecule has 0 radical (unpaired) electrons. The van der Waals surface area contributed by atoms with E-state index in [-0.39, 0.29) is 31.0 Å². The van der Waals surface area contributed by atoms with E-state index in [1.807, 2.05) is 36.4 Å². The smallest absolute Gasteiger partial charge is 0.210 e. The average molecular weight is 643 g/mol. The maximum absolute atomic E-state index is 9.64. The molecule has 0 saturated heterocycles. The second kappa shape index (κ2) is 13.2. The average Bonchev–Trinajstić information content (AvgIpc) is 3.50. The first-order valence-corrected chi connectivity index (χ1v) is 13.6. The largest absolute Gasteiger partial charge is 0.507 e. The zero-order chi connectivity index (χ0) is 26.5. The maximum Gasteiger partial charge on any atom is 0.210 e. The van der Waals surface area contributed by atoms with Crippen LogP contribution in [-0.2, 0) is 19.5 Å². The van der Waals surface area contributed by atoms with Crippen LogP contribution in [0.1, 0.15) is 11.1 Å². The molecule has 0 aliphatic rings. The molecule has 6 rings (SSSR count). The maximum atomic E-state index is 9.64. The van der Waals surface area contributed by atoms with Crippen molar-refractivity contribution in [1.29, 1.82) is 0 Å². The van der Waals surface area contributed by atoms with E-state index in [1.165, 1.54) is 22.7 Å². The van der Waals surface area contributed by atoms with Gasteiger partial charge in [0.2, 0.25) is 10.3 Å². The summed E-state index contributed by atoms with van der Waals surface area (Å²) in [6.45, 7) is 0. The molecular weight excluding hydrogens is 625 g/mol. The molecule has 6 aromatic rings. The molecule has 0 saturated carbocycles. The third kappa shape index (κ3) is 7.47. The standard InChI is InChI=1S/2C14H9ClN2OS.Zn/c2*15-10-5-6-11-13(7-10)19-14(17-11)16-8-9-3-1-2-4-12(9)18;/h2*1-8,18H;/b2*16-8+;. The molecule has 2 aromatic heterocycles. The number of fused-ring (bicyclic) bond motifs is 2. The second-order valence-electron chi connectivity index (χ2n) is 7.85. The number of aliphatic imine (C=N–C) groups is 2. The Balaban J connectivity index is 0.000000176. The second-order valence-corrected chi connectivity index (χ2v) is 10.7. The van der Waals surface area contributed by atoms with Crippen molar-refractivity contribution in [3.05, 3.63) is 106 Å². The minimum Gasteiger partial charge on any atom is -0.507 e. The number of hydrogen-bond acceptors (Lipinski definition) is 8. The molecule has 2 heterocycles. The first-order valence-electron chi connectivity index (χ1n) is 11.2. The van der Waals surface area contributed by atoms with Crippen LogP contribution in [0, 0.1) is 0 Å². The first kappa shape index (κ1) is 28.8. The number of phenolic OH excluding ortho intramolecular Hbond substituents is 2. The summed E-state index contributed by atoms with van der Waals surface area (Å²) in [7, 11) is 0. The Morgan fingerprint density at radius 1 is 0.615 bits per heavy atom. The third-order valence-corrected chi connectivity index (χ3v) is 7.50. The summed E-state index contributed by atoms with van der Waals surface area (Å²) in [6.07, 6.45) is 3.21. The van der Waals surface area contributed by atoms with Crippen molar-refractivity contribution in [2.24, 2.45) is 9.98 Å². The van der Waals surface area contributed by atoms with Crippen LogP contribution >= 0.6 is 45.9 Å². The third-order valence-electron chi connectivity index (χ3n) is 5.18. The Kier molecular flexibility index (Phi) is 9.78. The zero-order valence-corrected chi connectivity index (χ0v) is 26.3. The Labute approximate surface area is 254 Å². The predicted octanol–water partition coefficient (Wildman–Crippen LogP) is 8.81. The van der Waals surface area contributed by atoms with Gasteiger partial charge < -0.3 is 10.2 Å². The van der Waals surface area contributed by atoms with E-state index in [9.17, 15) is 10.2 Å². The molecule has 0 unspecified atom stereocenters. The van der Waals surface area contributed by atoms with Crippen molar-refractivity contribution in [3.63, 3.8) is 0 Å². The van der Waals surface area contributed by atoms with Gasteiger partial charge in [-0.3, -0.25) is 0 Å². The fourth-order valence-electron chi connectivity index (χ4n) is 3.33. The molecule has 0 aliphatic carbocycles. The summed E-state index contributed by atoms with van der Waals surface area (Å²) in [5, 5.41) is 21.9. The van der Waals surface area contributed by atoms with Crippen molar-refractivity contribution in [2.75, 3.05) is 0 Å². The molecule has 4 aromatic carbocycles. The number of nitrogens with zero attached hydrogens (tertiary/aromatic N) is 4. The van der Waals surface area contributed by atoms with Gasteiger partial charge in [0.1, 0.15) is 11.5 Å². The normalized spacial score (nSPS) is 11.1. The van der Waals surface area contributed by atoms with Gasteiger partial charge in [-0.25, -0.2) is 20.0 Å². The number of rotatable bonds is 4. The van der Waals surface area contributed by atoms with Gasteiger partial charge in [0.05, 0.1) is 20.4 Å². The number of benzene rings is 4. The van der Waals surface area contributed by atoms with Crippen LogP contribution in [0.4, 0.5) is 10.3 Å². The molecule has 0 aliphatic heterocycles. The van der Waals surface area contributed by atoms with Gasteiger partial charge >= 0.3 is 0 Å². The Morgan fingerprint density at radius 3 is 1.44 bits per heavy atom. The molecule has 0 spiro atoms. The van der Waals surface area contributed by atoms with Crippen LogP contribution < -0.4 is 0 Å². The summed E-state index contributed by atoms with van der Waals surface area (Å²) in [5.41, 5.74) is 3.08. The summed E-state index contributed by atoms with van der Waals surface area (Å²) in [6, 6.07) is 25.2. The summed E-state index contributed by atoms with van der Waals surface area (Å²) in [5.74, 6) is 0.408. The van der Waals surface area contributed by atoms with Crippen molar-refractivity contribution in [1.82, 2.24) is 9.97 Å². The van der Waals surface area contributed by atoms with Crippen molar-refractivity contribution in [3.8, 4) is 11.5 Å². The van der Waals surface area contributed by atoms with Crippen molar-refractivity contribution in [2.45, 2.75) is 0 Å². The van der Waals surface area contributed by atoms with Gasteiger partial charge in [0.25, 0.3) is 0 Å². The number of aromatic hydroxyl groups is 2. The molecule has 0 fully saturated rings. The van der Waals surface area contributed by atoms with Gasteiger partial charge in [-0.1, -0.05) is 70.1 Å². The van der Waals surface area contributed by atoms with E-state index in [4.69, 9.17) is 23.2 Å². The Hall–Kier alpha value is -3.20. The fourth-order valence-corrected chi connectivity index (χ4v) is 5.50. The van der Waals surface area contributed by atoms with Crippen LogP contribution in [0.3, 0.4) is 0 Å². The molecule has 0 bridgehead atoms. The van der Waals surface area contributed by atoms with Crippen molar-refractivity contribution >= 4 is 89.0 Å². The zero-order valence-electron chi connectivity index (χ0n) is 20.2. The van der Waals surface area contributed by atoms with Crippen LogP contribution in [0.2, 0.25) is 10.0 Å². The van der Waals surface area contributed by atoms with E-state index in [1.54, 1.807) is 61.0 Å². The summed E-state index contributed by atoms with van der Waals surface area (Å²) >= 11 is 14.8. The number of aromatic nitrogens is 2. The predicted molar refractivity (Wildman–Crippen MR) is 160 cm³/mol. The first-order chi connectivity index (χ1) is 18.4. The molecule has 0 amide bonds. The summed E-state index contributed by atoms with van der Waals surface area (Å²) < 4.78 is 1.99. The number of para-hydroxylation sites is 2. The fraction of sp³-hybridized carbons (Fsp3) is 0. The van der Waals surface area contributed by atoms with Crippen LogP contribution in [0.5, 0.6) is 11.5 Å². The van der Waals surface area contributed by atoms with E-state index >= 15 is 0 Å². The van der Waals surface area contributed by atoms with E-state index in [0.717, 1.165) is 20.4 Å². The molecule has 2 N–H and O–H groups in total. The topological polar surface area (TPSA) is 91.0 Å². The molecule has 190 valence electrons. The number of phenols is 2. The minimum absolute atomic E-state index is 0. The molecule has 39 heavy (non-hydrogen) atoms. The SMILES string of the molecule is Oc1ccccc1/C=N/c1nc2ccc(Cl)cc2s1.Oc1ccccc1/C=N/c1nc2ccc(Cl)cc2s1.[Zn]. The van der Waals surface area contributed by atoms with Gasteiger partial charge in [-0.15, -0.1) is 0 Å². The molecule has 0 atom stereocenters. The quantitative estimate of drug-likeness (QED) is 0.149. The minimum atomic E-state index is 0. The Morgan fingerprint density at radius 2 is 1.03 bits per heavy atom. The summed E-state index contributed by atoms with van der Waals surface area (Å²) in [4.78, 5) is 17.3. The Bertz CT molecular complexity index is 1670.